The molecule has 1 aromatic carbocycles. The Hall–Kier alpha value is -0.900. The van der Waals surface area contributed by atoms with Crippen molar-refractivity contribution in [1.82, 2.24) is 5.32 Å². The van der Waals surface area contributed by atoms with Crippen LogP contribution in [0.5, 0.6) is 0 Å². The van der Waals surface area contributed by atoms with Crippen molar-refractivity contribution in [3.05, 3.63) is 35.4 Å². The average molecular weight is 235 g/mol. The molecule has 1 aliphatic heterocycles. The molecule has 0 spiro atoms. The lowest BCUT2D eigenvalue weighted by molar-refractivity contribution is -0.0529. The second kappa shape index (κ2) is 6.15. The van der Waals surface area contributed by atoms with Crippen molar-refractivity contribution in [2.75, 3.05) is 19.8 Å². The number of aryl methyl sites for hydroxylation is 1. The normalized spacial score (nSPS) is 18.5. The van der Waals surface area contributed by atoms with Gasteiger partial charge < -0.3 is 14.8 Å². The van der Waals surface area contributed by atoms with Gasteiger partial charge in [-0.2, -0.15) is 0 Å². The highest BCUT2D eigenvalue weighted by Crippen LogP contribution is 2.22. The van der Waals surface area contributed by atoms with Crippen LogP contribution in [0.2, 0.25) is 0 Å². The van der Waals surface area contributed by atoms with Gasteiger partial charge in [-0.05, 0) is 19.0 Å². The van der Waals surface area contributed by atoms with E-state index in [0.717, 1.165) is 26.2 Å². The van der Waals surface area contributed by atoms with Crippen LogP contribution in [0.3, 0.4) is 0 Å². The molecule has 3 heteroatoms. The zero-order valence-corrected chi connectivity index (χ0v) is 10.6. The molecule has 1 N–H and O–H groups in total. The molecule has 1 atom stereocenters. The predicted octanol–water partition coefficient (Wildman–Crippen LogP) is 2.41. The minimum Gasteiger partial charge on any atom is -0.350 e. The molecule has 94 valence electrons. The van der Waals surface area contributed by atoms with Gasteiger partial charge in [0, 0.05) is 12.5 Å². The molecule has 0 saturated carbocycles. The Morgan fingerprint density at radius 1 is 1.35 bits per heavy atom. The lowest BCUT2D eigenvalue weighted by atomic mass is 10.0. The largest absolute Gasteiger partial charge is 0.350 e. The van der Waals surface area contributed by atoms with Crippen molar-refractivity contribution in [2.45, 2.75) is 32.6 Å². The van der Waals surface area contributed by atoms with E-state index < -0.39 is 0 Å². The Balaban J connectivity index is 2.04. The van der Waals surface area contributed by atoms with Gasteiger partial charge in [0.1, 0.15) is 0 Å². The fraction of sp³-hybridized carbons (Fsp3) is 0.571. The van der Waals surface area contributed by atoms with E-state index in [-0.39, 0.29) is 6.29 Å². The van der Waals surface area contributed by atoms with E-state index >= 15 is 0 Å². The molecule has 0 amide bonds. The molecule has 0 aromatic heterocycles. The van der Waals surface area contributed by atoms with Crippen LogP contribution in [0, 0.1) is 6.92 Å². The highest BCUT2D eigenvalue weighted by Gasteiger charge is 2.21. The quantitative estimate of drug-likeness (QED) is 0.850. The number of ether oxygens (including phenoxy) is 2. The minimum absolute atomic E-state index is 0.0560. The van der Waals surface area contributed by atoms with E-state index in [0.29, 0.717) is 6.04 Å². The molecule has 0 bridgehead atoms. The van der Waals surface area contributed by atoms with Gasteiger partial charge >= 0.3 is 0 Å². The van der Waals surface area contributed by atoms with E-state index in [1.807, 2.05) is 0 Å². The van der Waals surface area contributed by atoms with Crippen LogP contribution in [-0.2, 0) is 9.47 Å². The molecule has 2 rings (SSSR count). The van der Waals surface area contributed by atoms with Gasteiger partial charge in [-0.15, -0.1) is 0 Å². The molecule has 17 heavy (non-hydrogen) atoms. The molecule has 1 aliphatic rings. The van der Waals surface area contributed by atoms with Crippen LogP contribution < -0.4 is 5.32 Å². The molecule has 1 aromatic rings. The summed E-state index contributed by atoms with van der Waals surface area (Å²) in [5.74, 6) is 0. The Kier molecular flexibility index (Phi) is 4.54. The maximum atomic E-state index is 5.52. The van der Waals surface area contributed by atoms with Crippen molar-refractivity contribution in [2.24, 2.45) is 0 Å². The van der Waals surface area contributed by atoms with Crippen LogP contribution in [0.15, 0.2) is 24.3 Å². The number of hydrogen-bond donors (Lipinski definition) is 1. The highest BCUT2D eigenvalue weighted by molar-refractivity contribution is 5.25. The fourth-order valence-electron chi connectivity index (χ4n) is 2.21. The number of hydrogen-bond acceptors (Lipinski definition) is 3. The Morgan fingerprint density at radius 2 is 2.12 bits per heavy atom. The first-order chi connectivity index (χ1) is 8.29. The molecule has 1 unspecified atom stereocenters. The summed E-state index contributed by atoms with van der Waals surface area (Å²) in [6, 6.07) is 8.92. The zero-order valence-electron chi connectivity index (χ0n) is 10.6. The van der Waals surface area contributed by atoms with Gasteiger partial charge in [0.2, 0.25) is 0 Å². The van der Waals surface area contributed by atoms with Crippen molar-refractivity contribution >= 4 is 0 Å². The standard InChI is InChI=1S/C14H21NO2/c1-3-15-13(10-14-16-7-8-17-14)12-6-4-5-11(2)9-12/h4-6,9,13-15H,3,7-8,10H2,1-2H3. The molecule has 1 saturated heterocycles. The van der Waals surface area contributed by atoms with Crippen molar-refractivity contribution in [3.63, 3.8) is 0 Å². The summed E-state index contributed by atoms with van der Waals surface area (Å²) in [5, 5.41) is 3.49. The van der Waals surface area contributed by atoms with E-state index in [1.165, 1.54) is 11.1 Å². The summed E-state index contributed by atoms with van der Waals surface area (Å²) in [6.45, 7) is 6.63. The van der Waals surface area contributed by atoms with E-state index in [9.17, 15) is 0 Å². The fourth-order valence-corrected chi connectivity index (χ4v) is 2.21. The third-order valence-corrected chi connectivity index (χ3v) is 3.01. The third kappa shape index (κ3) is 3.53. The number of benzene rings is 1. The van der Waals surface area contributed by atoms with Gasteiger partial charge in [-0.25, -0.2) is 0 Å². The second-order valence-electron chi connectivity index (χ2n) is 4.43. The van der Waals surface area contributed by atoms with E-state index in [4.69, 9.17) is 9.47 Å². The SMILES string of the molecule is CCNC(CC1OCCO1)c1cccc(C)c1. The summed E-state index contributed by atoms with van der Waals surface area (Å²) in [6.07, 6.45) is 0.816. The van der Waals surface area contributed by atoms with E-state index in [1.54, 1.807) is 0 Å². The van der Waals surface area contributed by atoms with Crippen LogP contribution in [0.25, 0.3) is 0 Å². The van der Waals surface area contributed by atoms with Crippen molar-refractivity contribution in [1.29, 1.82) is 0 Å². The second-order valence-corrected chi connectivity index (χ2v) is 4.43. The van der Waals surface area contributed by atoms with E-state index in [2.05, 4.69) is 43.4 Å². The molecular formula is C14H21NO2. The van der Waals surface area contributed by atoms with Gasteiger partial charge in [-0.1, -0.05) is 36.8 Å². The molecule has 1 heterocycles. The molecule has 3 nitrogen and oxygen atoms in total. The van der Waals surface area contributed by atoms with Gasteiger partial charge in [0.05, 0.1) is 13.2 Å². The number of nitrogens with one attached hydrogen (secondary N) is 1. The van der Waals surface area contributed by atoms with Crippen molar-refractivity contribution in [3.8, 4) is 0 Å². The highest BCUT2D eigenvalue weighted by atomic mass is 16.7. The number of rotatable bonds is 5. The zero-order chi connectivity index (χ0) is 12.1. The topological polar surface area (TPSA) is 30.5 Å². The monoisotopic (exact) mass is 235 g/mol. The van der Waals surface area contributed by atoms with Crippen LogP contribution >= 0.6 is 0 Å². The van der Waals surface area contributed by atoms with Gasteiger partial charge in [0.15, 0.2) is 6.29 Å². The smallest absolute Gasteiger partial charge is 0.159 e. The van der Waals surface area contributed by atoms with Crippen LogP contribution in [0.1, 0.15) is 30.5 Å². The first kappa shape index (κ1) is 12.6. The van der Waals surface area contributed by atoms with Gasteiger partial charge in [0.25, 0.3) is 0 Å². The lowest BCUT2D eigenvalue weighted by Crippen LogP contribution is -2.26. The Labute approximate surface area is 103 Å². The average Bonchev–Trinajstić information content (AvgIpc) is 2.81. The maximum absolute atomic E-state index is 5.52. The first-order valence-corrected chi connectivity index (χ1v) is 6.32. The Bertz CT molecular complexity index is 348. The third-order valence-electron chi connectivity index (χ3n) is 3.01. The van der Waals surface area contributed by atoms with Gasteiger partial charge in [-0.3, -0.25) is 0 Å². The molecular weight excluding hydrogens is 214 g/mol. The van der Waals surface area contributed by atoms with Crippen molar-refractivity contribution < 1.29 is 9.47 Å². The molecule has 0 aliphatic carbocycles. The lowest BCUT2D eigenvalue weighted by Gasteiger charge is -2.21. The maximum Gasteiger partial charge on any atom is 0.159 e. The minimum atomic E-state index is -0.0560. The van der Waals surface area contributed by atoms with Crippen LogP contribution in [-0.4, -0.2) is 26.0 Å². The first-order valence-electron chi connectivity index (χ1n) is 6.32. The summed E-state index contributed by atoms with van der Waals surface area (Å²) in [7, 11) is 0. The summed E-state index contributed by atoms with van der Waals surface area (Å²) in [4.78, 5) is 0. The summed E-state index contributed by atoms with van der Waals surface area (Å²) in [5.41, 5.74) is 2.60. The summed E-state index contributed by atoms with van der Waals surface area (Å²) < 4.78 is 11.0. The predicted molar refractivity (Wildman–Crippen MR) is 67.9 cm³/mol. The van der Waals surface area contributed by atoms with Crippen LogP contribution in [0.4, 0.5) is 0 Å². The molecule has 0 radical (unpaired) electrons. The summed E-state index contributed by atoms with van der Waals surface area (Å²) >= 11 is 0. The Morgan fingerprint density at radius 3 is 2.76 bits per heavy atom. The molecule has 1 fully saturated rings.